The highest BCUT2D eigenvalue weighted by Gasteiger charge is 2.24. The average molecular weight is 220 g/mol. The van der Waals surface area contributed by atoms with Crippen LogP contribution in [0.3, 0.4) is 0 Å². The molecule has 0 unspecified atom stereocenters. The van der Waals surface area contributed by atoms with Gasteiger partial charge in [0.1, 0.15) is 5.56 Å². The molecule has 1 aromatic rings. The largest absolute Gasteiger partial charge is 0.349 e. The number of amides is 1. The summed E-state index contributed by atoms with van der Waals surface area (Å²) in [7, 11) is 0. The lowest BCUT2D eigenvalue weighted by molar-refractivity contribution is -0.385. The summed E-state index contributed by atoms with van der Waals surface area (Å²) < 4.78 is 0. The quantitative estimate of drug-likeness (QED) is 0.624. The number of carbonyl (C=O) groups is 1. The van der Waals surface area contributed by atoms with Crippen molar-refractivity contribution in [1.29, 1.82) is 0 Å². The van der Waals surface area contributed by atoms with Crippen molar-refractivity contribution in [2.24, 2.45) is 0 Å². The SMILES string of the molecule is O=C(NC1CCC1)c1ccccc1[N+](=O)[O-]. The van der Waals surface area contributed by atoms with Gasteiger partial charge in [-0.05, 0) is 25.3 Å². The molecular formula is C11H12N2O3. The maximum Gasteiger partial charge on any atom is 0.282 e. The Morgan fingerprint density at radius 2 is 2.06 bits per heavy atom. The molecule has 5 nitrogen and oxygen atoms in total. The molecule has 1 amide bonds. The van der Waals surface area contributed by atoms with E-state index < -0.39 is 4.92 Å². The standard InChI is InChI=1S/C11H12N2O3/c14-11(12-8-4-3-5-8)9-6-1-2-7-10(9)13(15)16/h1-2,6-8H,3-5H2,(H,12,14). The zero-order valence-corrected chi connectivity index (χ0v) is 8.68. The third-order valence-corrected chi connectivity index (χ3v) is 2.79. The van der Waals surface area contributed by atoms with Gasteiger partial charge in [0.05, 0.1) is 4.92 Å². The summed E-state index contributed by atoms with van der Waals surface area (Å²) in [4.78, 5) is 21.9. The average Bonchev–Trinajstić information content (AvgIpc) is 2.23. The van der Waals surface area contributed by atoms with Crippen LogP contribution in [0.5, 0.6) is 0 Å². The molecule has 16 heavy (non-hydrogen) atoms. The number of rotatable bonds is 3. The fourth-order valence-corrected chi connectivity index (χ4v) is 1.64. The van der Waals surface area contributed by atoms with Gasteiger partial charge in [0.25, 0.3) is 11.6 Å². The van der Waals surface area contributed by atoms with Crippen LogP contribution in [0.15, 0.2) is 24.3 Å². The Kier molecular flexibility index (Phi) is 2.85. The molecule has 0 heterocycles. The summed E-state index contributed by atoms with van der Waals surface area (Å²) in [6.07, 6.45) is 3.04. The van der Waals surface area contributed by atoms with Crippen molar-refractivity contribution in [1.82, 2.24) is 5.32 Å². The number of nitrogens with one attached hydrogen (secondary N) is 1. The summed E-state index contributed by atoms with van der Waals surface area (Å²) in [5, 5.41) is 13.5. The molecule has 1 N–H and O–H groups in total. The van der Waals surface area contributed by atoms with Crippen LogP contribution in [-0.4, -0.2) is 16.9 Å². The summed E-state index contributed by atoms with van der Waals surface area (Å²) >= 11 is 0. The summed E-state index contributed by atoms with van der Waals surface area (Å²) in [5.74, 6) is -0.350. The Morgan fingerprint density at radius 1 is 1.38 bits per heavy atom. The molecule has 0 spiro atoms. The number of nitrogens with zero attached hydrogens (tertiary/aromatic N) is 1. The first-order valence-corrected chi connectivity index (χ1v) is 5.23. The predicted molar refractivity (Wildman–Crippen MR) is 58.2 cm³/mol. The van der Waals surface area contributed by atoms with Gasteiger partial charge < -0.3 is 5.32 Å². The molecule has 0 saturated heterocycles. The molecule has 0 aliphatic heterocycles. The second kappa shape index (κ2) is 4.30. The van der Waals surface area contributed by atoms with Crippen molar-refractivity contribution in [2.45, 2.75) is 25.3 Å². The minimum Gasteiger partial charge on any atom is -0.349 e. The summed E-state index contributed by atoms with van der Waals surface area (Å²) in [6, 6.07) is 6.19. The van der Waals surface area contributed by atoms with Gasteiger partial charge in [-0.15, -0.1) is 0 Å². The van der Waals surface area contributed by atoms with Gasteiger partial charge in [-0.3, -0.25) is 14.9 Å². The minimum absolute atomic E-state index is 0.138. The lowest BCUT2D eigenvalue weighted by Crippen LogP contribution is -2.39. The second-order valence-corrected chi connectivity index (χ2v) is 3.88. The number of benzene rings is 1. The van der Waals surface area contributed by atoms with Crippen molar-refractivity contribution < 1.29 is 9.72 Å². The molecule has 0 atom stereocenters. The van der Waals surface area contributed by atoms with E-state index in [1.807, 2.05) is 0 Å². The van der Waals surface area contributed by atoms with E-state index in [0.717, 1.165) is 19.3 Å². The first kappa shape index (κ1) is 10.6. The number of carbonyl (C=O) groups excluding carboxylic acids is 1. The van der Waals surface area contributed by atoms with Gasteiger partial charge in [-0.1, -0.05) is 12.1 Å². The lowest BCUT2D eigenvalue weighted by atomic mass is 9.93. The van der Waals surface area contributed by atoms with E-state index in [-0.39, 0.29) is 23.2 Å². The zero-order chi connectivity index (χ0) is 11.5. The third-order valence-electron chi connectivity index (χ3n) is 2.79. The molecule has 0 radical (unpaired) electrons. The molecule has 0 aromatic heterocycles. The maximum absolute atomic E-state index is 11.8. The molecule has 1 aliphatic carbocycles. The van der Waals surface area contributed by atoms with Gasteiger partial charge in [0.15, 0.2) is 0 Å². The maximum atomic E-state index is 11.8. The molecule has 2 rings (SSSR count). The van der Waals surface area contributed by atoms with Gasteiger partial charge in [0.2, 0.25) is 0 Å². The highest BCUT2D eigenvalue weighted by Crippen LogP contribution is 2.21. The molecule has 0 bridgehead atoms. The van der Waals surface area contributed by atoms with Gasteiger partial charge in [-0.25, -0.2) is 0 Å². The molecule has 84 valence electrons. The lowest BCUT2D eigenvalue weighted by Gasteiger charge is -2.26. The molecular weight excluding hydrogens is 208 g/mol. The molecule has 1 fully saturated rings. The topological polar surface area (TPSA) is 72.2 Å². The van der Waals surface area contributed by atoms with Gasteiger partial charge >= 0.3 is 0 Å². The predicted octanol–water partition coefficient (Wildman–Crippen LogP) is 1.88. The number of nitro groups is 1. The number of para-hydroxylation sites is 1. The van der Waals surface area contributed by atoms with Crippen LogP contribution in [-0.2, 0) is 0 Å². The van der Waals surface area contributed by atoms with Crippen LogP contribution in [0.4, 0.5) is 5.69 Å². The molecule has 1 aliphatic rings. The fourth-order valence-electron chi connectivity index (χ4n) is 1.64. The normalized spacial score (nSPS) is 15.2. The molecule has 1 saturated carbocycles. The highest BCUT2D eigenvalue weighted by atomic mass is 16.6. The van der Waals surface area contributed by atoms with Crippen molar-refractivity contribution >= 4 is 11.6 Å². The van der Waals surface area contributed by atoms with E-state index in [0.29, 0.717) is 0 Å². The Labute approximate surface area is 92.6 Å². The van der Waals surface area contributed by atoms with Crippen LogP contribution >= 0.6 is 0 Å². The third kappa shape index (κ3) is 2.03. The monoisotopic (exact) mass is 220 g/mol. The van der Waals surface area contributed by atoms with Crippen LogP contribution in [0.25, 0.3) is 0 Å². The first-order chi connectivity index (χ1) is 7.68. The van der Waals surface area contributed by atoms with E-state index in [4.69, 9.17) is 0 Å². The Morgan fingerprint density at radius 3 is 2.62 bits per heavy atom. The fraction of sp³-hybridized carbons (Fsp3) is 0.364. The Balaban J connectivity index is 2.18. The summed E-state index contributed by atoms with van der Waals surface area (Å²) in [5.41, 5.74) is -0.00118. The molecule has 5 heteroatoms. The van der Waals surface area contributed by atoms with E-state index in [2.05, 4.69) is 5.32 Å². The van der Waals surface area contributed by atoms with Gasteiger partial charge in [0, 0.05) is 12.1 Å². The zero-order valence-electron chi connectivity index (χ0n) is 8.68. The smallest absolute Gasteiger partial charge is 0.282 e. The Bertz CT molecular complexity index is 427. The van der Waals surface area contributed by atoms with E-state index in [1.54, 1.807) is 12.1 Å². The van der Waals surface area contributed by atoms with Crippen LogP contribution in [0.1, 0.15) is 29.6 Å². The second-order valence-electron chi connectivity index (χ2n) is 3.88. The number of hydrogen-bond acceptors (Lipinski definition) is 3. The van der Waals surface area contributed by atoms with E-state index >= 15 is 0 Å². The Hall–Kier alpha value is -1.91. The van der Waals surface area contributed by atoms with Crippen LogP contribution in [0.2, 0.25) is 0 Å². The first-order valence-electron chi connectivity index (χ1n) is 5.23. The minimum atomic E-state index is -0.532. The number of nitro benzene ring substituents is 1. The van der Waals surface area contributed by atoms with Crippen molar-refractivity contribution in [3.05, 3.63) is 39.9 Å². The van der Waals surface area contributed by atoms with Crippen molar-refractivity contribution in [3.63, 3.8) is 0 Å². The highest BCUT2D eigenvalue weighted by molar-refractivity contribution is 5.98. The molecule has 1 aromatic carbocycles. The number of hydrogen-bond donors (Lipinski definition) is 1. The van der Waals surface area contributed by atoms with Crippen molar-refractivity contribution in [2.75, 3.05) is 0 Å². The van der Waals surface area contributed by atoms with E-state index in [9.17, 15) is 14.9 Å². The van der Waals surface area contributed by atoms with Crippen LogP contribution in [0, 0.1) is 10.1 Å². The van der Waals surface area contributed by atoms with Crippen molar-refractivity contribution in [3.8, 4) is 0 Å². The van der Waals surface area contributed by atoms with E-state index in [1.165, 1.54) is 12.1 Å². The van der Waals surface area contributed by atoms with Crippen LogP contribution < -0.4 is 5.32 Å². The summed E-state index contributed by atoms with van der Waals surface area (Å²) in [6.45, 7) is 0. The van der Waals surface area contributed by atoms with Gasteiger partial charge in [-0.2, -0.15) is 0 Å².